The summed E-state index contributed by atoms with van der Waals surface area (Å²) in [5, 5.41) is 35.0. The van der Waals surface area contributed by atoms with E-state index in [1.165, 1.54) is 0 Å². The lowest BCUT2D eigenvalue weighted by Crippen LogP contribution is -2.34. The molecule has 1 saturated heterocycles. The molecule has 0 aliphatic carbocycles. The molecule has 5 N–H and O–H groups in total. The highest BCUT2D eigenvalue weighted by Gasteiger charge is 2.45. The molecule has 18 heavy (non-hydrogen) atoms. The maximum absolute atomic E-state index is 11.2. The zero-order chi connectivity index (χ0) is 13.4. The first-order valence-electron chi connectivity index (χ1n) is 5.00. The van der Waals surface area contributed by atoms with Gasteiger partial charge in [0.2, 0.25) is 0 Å². The van der Waals surface area contributed by atoms with Gasteiger partial charge in [0, 0.05) is 0 Å². The van der Waals surface area contributed by atoms with E-state index < -0.39 is 37.1 Å². The SMILES string of the molecule is NC(=O)c1c(Cl)nnn1[C@@H]1O[C@H](CO)[C@@H](O)[C@H]1O. The number of aromatic nitrogens is 3. The summed E-state index contributed by atoms with van der Waals surface area (Å²) in [5.74, 6) is -0.900. The number of halogens is 1. The van der Waals surface area contributed by atoms with Crippen LogP contribution in [0.3, 0.4) is 0 Å². The van der Waals surface area contributed by atoms with Gasteiger partial charge in [-0.25, -0.2) is 4.68 Å². The zero-order valence-corrected chi connectivity index (χ0v) is 9.73. The van der Waals surface area contributed by atoms with Crippen molar-refractivity contribution in [3.8, 4) is 0 Å². The molecule has 1 aliphatic heterocycles. The summed E-state index contributed by atoms with van der Waals surface area (Å²) >= 11 is 5.63. The van der Waals surface area contributed by atoms with Crippen molar-refractivity contribution < 1.29 is 24.9 Å². The Morgan fingerprint density at radius 2 is 2.17 bits per heavy atom. The standard InChI is InChI=1S/C8H11ClN4O5/c9-6-3(7(10)17)13(12-11-6)8-5(16)4(15)2(1-14)18-8/h2,4-5,8,14-16H,1H2,(H2,10,17)/t2-,4-,5-,8-/m1/s1. The van der Waals surface area contributed by atoms with E-state index in [-0.39, 0.29) is 10.8 Å². The third kappa shape index (κ3) is 1.95. The smallest absolute Gasteiger partial charge is 0.270 e. The van der Waals surface area contributed by atoms with Crippen LogP contribution in [0.15, 0.2) is 0 Å². The molecule has 0 bridgehead atoms. The maximum atomic E-state index is 11.2. The predicted molar refractivity (Wildman–Crippen MR) is 56.6 cm³/mol. The monoisotopic (exact) mass is 278 g/mol. The quantitative estimate of drug-likeness (QED) is 0.484. The first kappa shape index (κ1) is 13.2. The molecule has 4 atom stereocenters. The van der Waals surface area contributed by atoms with E-state index >= 15 is 0 Å². The number of rotatable bonds is 3. The molecule has 0 radical (unpaired) electrons. The van der Waals surface area contributed by atoms with Crippen LogP contribution in [0.1, 0.15) is 16.7 Å². The molecule has 0 saturated carbocycles. The molecule has 0 aromatic carbocycles. The topological polar surface area (TPSA) is 144 Å². The number of amides is 1. The minimum atomic E-state index is -1.39. The third-order valence-electron chi connectivity index (χ3n) is 2.64. The average Bonchev–Trinajstić information content (AvgIpc) is 2.82. The number of carbonyl (C=O) groups excluding carboxylic acids is 1. The summed E-state index contributed by atoms with van der Waals surface area (Å²) in [6.45, 7) is -0.497. The van der Waals surface area contributed by atoms with Crippen molar-refractivity contribution in [1.82, 2.24) is 15.0 Å². The highest BCUT2D eigenvalue weighted by atomic mass is 35.5. The summed E-state index contributed by atoms with van der Waals surface area (Å²) < 4.78 is 6.05. The van der Waals surface area contributed by atoms with Gasteiger partial charge in [-0.05, 0) is 0 Å². The Morgan fingerprint density at radius 3 is 2.67 bits per heavy atom. The number of aliphatic hydroxyl groups excluding tert-OH is 3. The molecule has 0 unspecified atom stereocenters. The van der Waals surface area contributed by atoms with Gasteiger partial charge in [0.05, 0.1) is 6.61 Å². The normalized spacial score (nSPS) is 31.8. The highest BCUT2D eigenvalue weighted by molar-refractivity contribution is 6.32. The van der Waals surface area contributed by atoms with E-state index in [0.29, 0.717) is 0 Å². The Morgan fingerprint density at radius 1 is 1.50 bits per heavy atom. The summed E-state index contributed by atoms with van der Waals surface area (Å²) in [6, 6.07) is 0. The van der Waals surface area contributed by atoms with Crippen molar-refractivity contribution in [3.05, 3.63) is 10.8 Å². The fourth-order valence-corrected chi connectivity index (χ4v) is 1.96. The molecular formula is C8H11ClN4O5. The lowest BCUT2D eigenvalue weighted by atomic mass is 10.1. The minimum absolute atomic E-state index is 0.236. The largest absolute Gasteiger partial charge is 0.394 e. The van der Waals surface area contributed by atoms with Crippen LogP contribution in [0.25, 0.3) is 0 Å². The van der Waals surface area contributed by atoms with Gasteiger partial charge in [-0.3, -0.25) is 4.79 Å². The van der Waals surface area contributed by atoms with Gasteiger partial charge < -0.3 is 25.8 Å². The van der Waals surface area contributed by atoms with Gasteiger partial charge in [0.15, 0.2) is 17.1 Å². The second kappa shape index (κ2) is 4.78. The van der Waals surface area contributed by atoms with E-state index in [2.05, 4.69) is 10.3 Å². The molecule has 1 aliphatic rings. The van der Waals surface area contributed by atoms with Crippen molar-refractivity contribution >= 4 is 17.5 Å². The minimum Gasteiger partial charge on any atom is -0.394 e. The Balaban J connectivity index is 2.36. The molecule has 1 fully saturated rings. The fourth-order valence-electron chi connectivity index (χ4n) is 1.75. The number of aliphatic hydroxyl groups is 3. The van der Waals surface area contributed by atoms with Gasteiger partial charge in [0.1, 0.15) is 18.3 Å². The van der Waals surface area contributed by atoms with Crippen LogP contribution >= 0.6 is 11.6 Å². The summed E-state index contributed by atoms with van der Waals surface area (Å²) in [5.41, 5.74) is 4.86. The summed E-state index contributed by atoms with van der Waals surface area (Å²) in [7, 11) is 0. The molecule has 1 aromatic heterocycles. The van der Waals surface area contributed by atoms with Crippen LogP contribution in [0.5, 0.6) is 0 Å². The van der Waals surface area contributed by atoms with Gasteiger partial charge in [-0.1, -0.05) is 16.8 Å². The molecule has 2 rings (SSSR count). The van der Waals surface area contributed by atoms with Gasteiger partial charge in [0.25, 0.3) is 5.91 Å². The molecule has 100 valence electrons. The molecule has 2 heterocycles. The van der Waals surface area contributed by atoms with E-state index in [1.807, 2.05) is 0 Å². The van der Waals surface area contributed by atoms with E-state index in [9.17, 15) is 15.0 Å². The lowest BCUT2D eigenvalue weighted by molar-refractivity contribution is -0.0601. The Labute approximate surface area is 106 Å². The van der Waals surface area contributed by atoms with Crippen molar-refractivity contribution in [2.75, 3.05) is 6.61 Å². The van der Waals surface area contributed by atoms with Crippen molar-refractivity contribution in [2.45, 2.75) is 24.5 Å². The van der Waals surface area contributed by atoms with Gasteiger partial charge in [-0.2, -0.15) is 0 Å². The fraction of sp³-hybridized carbons (Fsp3) is 0.625. The van der Waals surface area contributed by atoms with Crippen molar-refractivity contribution in [1.29, 1.82) is 0 Å². The van der Waals surface area contributed by atoms with Gasteiger partial charge in [-0.15, -0.1) is 5.10 Å². The summed E-state index contributed by atoms with van der Waals surface area (Å²) in [6.07, 6.45) is -4.89. The number of nitrogens with two attached hydrogens (primary N) is 1. The van der Waals surface area contributed by atoms with Crippen LogP contribution in [-0.2, 0) is 4.74 Å². The number of nitrogens with zero attached hydrogens (tertiary/aromatic N) is 3. The van der Waals surface area contributed by atoms with Crippen LogP contribution in [0.4, 0.5) is 0 Å². The molecule has 1 aromatic rings. The zero-order valence-electron chi connectivity index (χ0n) is 8.97. The van der Waals surface area contributed by atoms with E-state index in [0.717, 1.165) is 4.68 Å². The number of primary amides is 1. The molecule has 10 heteroatoms. The molecular weight excluding hydrogens is 268 g/mol. The van der Waals surface area contributed by atoms with Crippen LogP contribution in [0.2, 0.25) is 5.15 Å². The molecule has 1 amide bonds. The second-order valence-electron chi connectivity index (χ2n) is 3.77. The average molecular weight is 279 g/mol. The Kier molecular flexibility index (Phi) is 3.50. The lowest BCUT2D eigenvalue weighted by Gasteiger charge is -2.15. The number of carbonyl (C=O) groups is 1. The van der Waals surface area contributed by atoms with Crippen LogP contribution in [-0.4, -0.2) is 61.1 Å². The number of hydrogen-bond acceptors (Lipinski definition) is 7. The maximum Gasteiger partial charge on any atom is 0.270 e. The number of hydrogen-bond donors (Lipinski definition) is 4. The Bertz CT molecular complexity index is 466. The van der Waals surface area contributed by atoms with Gasteiger partial charge >= 0.3 is 0 Å². The van der Waals surface area contributed by atoms with E-state index in [4.69, 9.17) is 27.2 Å². The van der Waals surface area contributed by atoms with Crippen LogP contribution in [0, 0.1) is 0 Å². The van der Waals surface area contributed by atoms with E-state index in [1.54, 1.807) is 0 Å². The number of ether oxygens (including phenoxy) is 1. The van der Waals surface area contributed by atoms with Crippen molar-refractivity contribution in [2.24, 2.45) is 5.73 Å². The predicted octanol–water partition coefficient (Wildman–Crippen LogP) is -2.36. The molecule has 9 nitrogen and oxygen atoms in total. The second-order valence-corrected chi connectivity index (χ2v) is 4.12. The Hall–Kier alpha value is -1.26. The van der Waals surface area contributed by atoms with Crippen molar-refractivity contribution in [3.63, 3.8) is 0 Å². The highest BCUT2D eigenvalue weighted by Crippen LogP contribution is 2.30. The first-order chi connectivity index (χ1) is 8.47. The third-order valence-corrected chi connectivity index (χ3v) is 2.90. The first-order valence-corrected chi connectivity index (χ1v) is 5.38. The summed E-state index contributed by atoms with van der Waals surface area (Å²) in [4.78, 5) is 11.2. The van der Waals surface area contributed by atoms with Crippen LogP contribution < -0.4 is 5.73 Å². The molecule has 0 spiro atoms.